The summed E-state index contributed by atoms with van der Waals surface area (Å²) in [5, 5.41) is 0. The Bertz CT molecular complexity index is 1190. The highest BCUT2D eigenvalue weighted by atomic mass is 32.2. The molecule has 0 amide bonds. The molecule has 1 heterocycles. The highest BCUT2D eigenvalue weighted by molar-refractivity contribution is 7.83. The van der Waals surface area contributed by atoms with E-state index in [1.807, 2.05) is 60.7 Å². The molecule has 7 heteroatoms. The first kappa shape index (κ1) is 23.2. The van der Waals surface area contributed by atoms with Gasteiger partial charge in [-0.2, -0.15) is 0 Å². The van der Waals surface area contributed by atoms with Crippen LogP contribution in [0, 0.1) is 0 Å². The minimum Gasteiger partial charge on any atom is -0.486 e. The maximum absolute atomic E-state index is 13.4. The van der Waals surface area contributed by atoms with Crippen LogP contribution in [0.4, 0.5) is 0 Å². The van der Waals surface area contributed by atoms with Gasteiger partial charge in [-0.3, -0.25) is 4.79 Å². The highest BCUT2D eigenvalue weighted by Crippen LogP contribution is 2.51. The van der Waals surface area contributed by atoms with Crippen molar-refractivity contribution in [1.29, 1.82) is 0 Å². The molecule has 1 aliphatic heterocycles. The third-order valence-electron chi connectivity index (χ3n) is 6.26. The smallest absolute Gasteiger partial charge is 0.161 e. The van der Waals surface area contributed by atoms with E-state index in [1.165, 1.54) is 0 Å². The minimum absolute atomic E-state index is 0. The molecule has 3 aromatic carbocycles. The van der Waals surface area contributed by atoms with Crippen LogP contribution in [0.25, 0.3) is 11.1 Å². The second-order valence-corrected chi connectivity index (χ2v) is 9.66. The first-order valence-electron chi connectivity index (χ1n) is 10.8. The topological polar surface area (TPSA) is 96.1 Å². The minimum atomic E-state index is -1.20. The lowest BCUT2D eigenvalue weighted by Gasteiger charge is -2.21. The van der Waals surface area contributed by atoms with Gasteiger partial charge < -0.3 is 14.9 Å². The molecular weight excluding hydrogens is 438 g/mol. The SMILES string of the molecule is CNS(=O)c1ccc(-c2cccc(CC(=O)C3(c4ccc5c(c4)OCCO5)CC3)c2)cc1.O. The predicted molar refractivity (Wildman–Crippen MR) is 128 cm³/mol. The number of ether oxygens (including phenoxy) is 2. The van der Waals surface area contributed by atoms with Crippen molar-refractivity contribution in [2.75, 3.05) is 20.3 Å². The summed E-state index contributed by atoms with van der Waals surface area (Å²) in [4.78, 5) is 14.1. The summed E-state index contributed by atoms with van der Waals surface area (Å²) in [5.41, 5.74) is 3.69. The van der Waals surface area contributed by atoms with Crippen LogP contribution in [0.1, 0.15) is 24.0 Å². The van der Waals surface area contributed by atoms with E-state index in [4.69, 9.17) is 9.47 Å². The lowest BCUT2D eigenvalue weighted by Crippen LogP contribution is -2.23. The van der Waals surface area contributed by atoms with E-state index in [1.54, 1.807) is 7.05 Å². The molecule has 3 aromatic rings. The quantitative estimate of drug-likeness (QED) is 0.579. The van der Waals surface area contributed by atoms with Gasteiger partial charge >= 0.3 is 0 Å². The molecular formula is C26H27NO5S. The van der Waals surface area contributed by atoms with Gasteiger partial charge in [-0.05, 0) is 66.4 Å². The number of rotatable bonds is 7. The molecule has 0 aromatic heterocycles. The number of fused-ring (bicyclic) bond motifs is 1. The second-order valence-electron chi connectivity index (χ2n) is 8.24. The van der Waals surface area contributed by atoms with Crippen LogP contribution in [0.5, 0.6) is 11.5 Å². The van der Waals surface area contributed by atoms with Gasteiger partial charge in [-0.15, -0.1) is 0 Å². The third-order valence-corrected chi connectivity index (χ3v) is 7.33. The Morgan fingerprint density at radius 2 is 1.67 bits per heavy atom. The van der Waals surface area contributed by atoms with Crippen molar-refractivity contribution in [3.63, 3.8) is 0 Å². The van der Waals surface area contributed by atoms with Gasteiger partial charge in [0.1, 0.15) is 30.0 Å². The maximum Gasteiger partial charge on any atom is 0.161 e. The number of Topliss-reactive ketones (excluding diaryl/α,β-unsaturated/α-hetero) is 1. The van der Waals surface area contributed by atoms with Crippen molar-refractivity contribution >= 4 is 16.8 Å². The fourth-order valence-corrected chi connectivity index (χ4v) is 4.92. The van der Waals surface area contributed by atoms with Crippen molar-refractivity contribution in [3.05, 3.63) is 77.9 Å². The summed E-state index contributed by atoms with van der Waals surface area (Å²) in [7, 11) is 0.468. The molecule has 1 fully saturated rings. The molecule has 1 aliphatic carbocycles. The summed E-state index contributed by atoms with van der Waals surface area (Å²) in [6, 6.07) is 21.6. The average molecular weight is 466 g/mol. The van der Waals surface area contributed by atoms with E-state index < -0.39 is 16.4 Å². The zero-order chi connectivity index (χ0) is 22.1. The van der Waals surface area contributed by atoms with Gasteiger partial charge in [0.2, 0.25) is 0 Å². The van der Waals surface area contributed by atoms with E-state index in [-0.39, 0.29) is 11.3 Å². The van der Waals surface area contributed by atoms with Gasteiger partial charge in [0.05, 0.1) is 10.3 Å². The molecule has 6 nitrogen and oxygen atoms in total. The average Bonchev–Trinajstić information content (AvgIpc) is 3.66. The number of hydrogen-bond donors (Lipinski definition) is 1. The molecule has 0 radical (unpaired) electrons. The van der Waals surface area contributed by atoms with Gasteiger partial charge in [0, 0.05) is 6.42 Å². The molecule has 1 saturated carbocycles. The van der Waals surface area contributed by atoms with E-state index in [0.717, 1.165) is 51.5 Å². The Morgan fingerprint density at radius 3 is 2.36 bits per heavy atom. The standard InChI is InChI=1S/C26H25NO4S.H2O/c1-27-32(29)22-8-5-19(6-9-22)20-4-2-3-18(15-20)16-25(28)26(11-12-26)21-7-10-23-24(17-21)31-14-13-30-23;/h2-10,15,17,27H,11-14,16H2,1H3;1H2. The van der Waals surface area contributed by atoms with Gasteiger partial charge in [-0.25, -0.2) is 8.93 Å². The molecule has 2 aliphatic rings. The fraction of sp³-hybridized carbons (Fsp3) is 0.269. The van der Waals surface area contributed by atoms with Crippen LogP contribution in [-0.2, 0) is 27.6 Å². The van der Waals surface area contributed by atoms with Crippen LogP contribution in [0.15, 0.2) is 71.6 Å². The summed E-state index contributed by atoms with van der Waals surface area (Å²) in [6.07, 6.45) is 2.13. The number of carbonyl (C=O) groups is 1. The zero-order valence-corrected chi connectivity index (χ0v) is 19.2. The summed E-state index contributed by atoms with van der Waals surface area (Å²) in [6.45, 7) is 1.10. The van der Waals surface area contributed by atoms with Crippen LogP contribution < -0.4 is 14.2 Å². The molecule has 5 rings (SSSR count). The zero-order valence-electron chi connectivity index (χ0n) is 18.4. The highest BCUT2D eigenvalue weighted by Gasteiger charge is 2.50. The summed E-state index contributed by atoms with van der Waals surface area (Å²) in [5.74, 6) is 1.73. The van der Waals surface area contributed by atoms with Crippen molar-refractivity contribution in [3.8, 4) is 22.6 Å². The van der Waals surface area contributed by atoms with Crippen molar-refractivity contribution < 1.29 is 24.0 Å². The third kappa shape index (κ3) is 4.57. The van der Waals surface area contributed by atoms with E-state index in [9.17, 15) is 9.00 Å². The molecule has 3 N–H and O–H groups in total. The first-order chi connectivity index (χ1) is 15.6. The number of benzene rings is 3. The van der Waals surface area contributed by atoms with Crippen LogP contribution in [-0.4, -0.2) is 35.7 Å². The predicted octanol–water partition coefficient (Wildman–Crippen LogP) is 3.39. The normalized spacial score (nSPS) is 16.4. The van der Waals surface area contributed by atoms with E-state index in [2.05, 4.69) is 10.8 Å². The van der Waals surface area contributed by atoms with Crippen molar-refractivity contribution in [1.82, 2.24) is 4.72 Å². The number of nitrogens with one attached hydrogen (secondary N) is 1. The van der Waals surface area contributed by atoms with Crippen molar-refractivity contribution in [2.45, 2.75) is 29.6 Å². The van der Waals surface area contributed by atoms with Crippen LogP contribution in [0.3, 0.4) is 0 Å². The van der Waals surface area contributed by atoms with E-state index >= 15 is 0 Å². The Labute approximate surface area is 195 Å². The lowest BCUT2D eigenvalue weighted by atomic mass is 9.87. The van der Waals surface area contributed by atoms with E-state index in [0.29, 0.717) is 19.6 Å². The molecule has 1 atom stereocenters. The number of ketones is 1. The second kappa shape index (κ2) is 9.47. The fourth-order valence-electron chi connectivity index (χ4n) is 4.30. The summed E-state index contributed by atoms with van der Waals surface area (Å²) >= 11 is 0. The molecule has 0 bridgehead atoms. The molecule has 172 valence electrons. The Morgan fingerprint density at radius 1 is 0.939 bits per heavy atom. The Kier molecular flexibility index (Phi) is 6.65. The van der Waals surface area contributed by atoms with Gasteiger partial charge in [-0.1, -0.05) is 42.5 Å². The Hall–Kier alpha value is -3.00. The lowest BCUT2D eigenvalue weighted by molar-refractivity contribution is -0.120. The van der Waals surface area contributed by atoms with Crippen LogP contribution in [0.2, 0.25) is 0 Å². The molecule has 33 heavy (non-hydrogen) atoms. The Balaban J connectivity index is 0.00000259. The van der Waals surface area contributed by atoms with Crippen molar-refractivity contribution in [2.24, 2.45) is 0 Å². The maximum atomic E-state index is 13.4. The summed E-state index contributed by atoms with van der Waals surface area (Å²) < 4.78 is 26.0. The molecule has 0 saturated heterocycles. The van der Waals surface area contributed by atoms with Gasteiger partial charge in [0.15, 0.2) is 11.5 Å². The van der Waals surface area contributed by atoms with Crippen LogP contribution >= 0.6 is 0 Å². The van der Waals surface area contributed by atoms with Gasteiger partial charge in [0.25, 0.3) is 0 Å². The largest absolute Gasteiger partial charge is 0.486 e. The monoisotopic (exact) mass is 465 g/mol. The first-order valence-corrected chi connectivity index (χ1v) is 12.0. The molecule has 0 spiro atoms. The number of carbonyl (C=O) groups excluding carboxylic acids is 1. The number of hydrogen-bond acceptors (Lipinski definition) is 4. The molecule has 1 unspecified atom stereocenters.